The molecule has 0 saturated heterocycles. The minimum absolute atomic E-state index is 0.133. The molecule has 0 aliphatic heterocycles. The topological polar surface area (TPSA) is 85.1 Å². The summed E-state index contributed by atoms with van der Waals surface area (Å²) in [5, 5.41) is 0. The number of hydrogen-bond acceptors (Lipinski definition) is 5. The second-order valence-electron chi connectivity index (χ2n) is 6.25. The standard InChI is InChI=1S/C21H17N3O3S/c1-15-7-12-20(22-13-15)24-28(25,26)18-10-8-17(9-11-18)21-23-14-19(27-21)16-5-3-2-4-6-16/h2-14H,1H3,(H,22,24). The van der Waals surface area contributed by atoms with Crippen molar-refractivity contribution >= 4 is 15.8 Å². The fraction of sp³-hybridized carbons (Fsp3) is 0.0476. The molecule has 0 amide bonds. The first-order valence-electron chi connectivity index (χ1n) is 8.58. The minimum Gasteiger partial charge on any atom is -0.436 e. The van der Waals surface area contributed by atoms with E-state index in [-0.39, 0.29) is 10.7 Å². The highest BCUT2D eigenvalue weighted by atomic mass is 32.2. The van der Waals surface area contributed by atoms with E-state index in [1.807, 2.05) is 37.3 Å². The molecule has 28 heavy (non-hydrogen) atoms. The molecule has 2 aromatic carbocycles. The van der Waals surface area contributed by atoms with Gasteiger partial charge in [0.05, 0.1) is 11.1 Å². The van der Waals surface area contributed by atoms with E-state index in [0.717, 1.165) is 11.1 Å². The number of anilines is 1. The number of rotatable bonds is 5. The zero-order chi connectivity index (χ0) is 19.6. The van der Waals surface area contributed by atoms with Crippen molar-refractivity contribution in [1.82, 2.24) is 9.97 Å². The predicted octanol–water partition coefficient (Wildman–Crippen LogP) is 4.51. The molecule has 2 heterocycles. The van der Waals surface area contributed by atoms with Crippen molar-refractivity contribution in [3.8, 4) is 22.8 Å². The van der Waals surface area contributed by atoms with Crippen molar-refractivity contribution in [3.05, 3.63) is 84.7 Å². The summed E-state index contributed by atoms with van der Waals surface area (Å²) in [6.45, 7) is 1.88. The van der Waals surface area contributed by atoms with Crippen LogP contribution in [0.2, 0.25) is 0 Å². The van der Waals surface area contributed by atoms with E-state index in [2.05, 4.69) is 14.7 Å². The number of pyridine rings is 1. The lowest BCUT2D eigenvalue weighted by Crippen LogP contribution is -2.13. The zero-order valence-electron chi connectivity index (χ0n) is 15.0. The molecule has 6 nitrogen and oxygen atoms in total. The largest absolute Gasteiger partial charge is 0.436 e. The number of hydrogen-bond donors (Lipinski definition) is 1. The highest BCUT2D eigenvalue weighted by Gasteiger charge is 2.16. The molecular formula is C21H17N3O3S. The summed E-state index contributed by atoms with van der Waals surface area (Å²) in [7, 11) is -3.73. The van der Waals surface area contributed by atoms with Gasteiger partial charge < -0.3 is 4.42 Å². The molecule has 0 atom stereocenters. The van der Waals surface area contributed by atoms with Gasteiger partial charge in [-0.3, -0.25) is 4.72 Å². The molecule has 0 fully saturated rings. The molecule has 0 aliphatic rings. The van der Waals surface area contributed by atoms with Crippen molar-refractivity contribution in [2.24, 2.45) is 0 Å². The van der Waals surface area contributed by atoms with Crippen LogP contribution in [0.25, 0.3) is 22.8 Å². The first-order valence-corrected chi connectivity index (χ1v) is 10.1. The fourth-order valence-corrected chi connectivity index (χ4v) is 3.65. The number of sulfonamides is 1. The van der Waals surface area contributed by atoms with Gasteiger partial charge in [-0.2, -0.15) is 0 Å². The van der Waals surface area contributed by atoms with Crippen LogP contribution < -0.4 is 4.72 Å². The SMILES string of the molecule is Cc1ccc(NS(=O)(=O)c2ccc(-c3ncc(-c4ccccc4)o3)cc2)nc1. The number of aryl methyl sites for hydroxylation is 1. The quantitative estimate of drug-likeness (QED) is 0.541. The van der Waals surface area contributed by atoms with Crippen molar-refractivity contribution in [3.63, 3.8) is 0 Å². The maximum absolute atomic E-state index is 12.5. The first kappa shape index (κ1) is 17.9. The Balaban J connectivity index is 1.55. The summed E-state index contributed by atoms with van der Waals surface area (Å²) < 4.78 is 33.3. The molecular weight excluding hydrogens is 374 g/mol. The van der Waals surface area contributed by atoms with Crippen molar-refractivity contribution in [2.45, 2.75) is 11.8 Å². The van der Waals surface area contributed by atoms with Gasteiger partial charge in [-0.25, -0.2) is 18.4 Å². The number of benzene rings is 2. The van der Waals surface area contributed by atoms with Gasteiger partial charge >= 0.3 is 0 Å². The van der Waals surface area contributed by atoms with Crippen LogP contribution in [0.5, 0.6) is 0 Å². The lowest BCUT2D eigenvalue weighted by molar-refractivity contribution is 0.588. The molecule has 0 unspecified atom stereocenters. The third-order valence-corrected chi connectivity index (χ3v) is 5.50. The summed E-state index contributed by atoms with van der Waals surface area (Å²) in [6, 6.07) is 19.4. The van der Waals surface area contributed by atoms with E-state index < -0.39 is 10.0 Å². The van der Waals surface area contributed by atoms with Crippen LogP contribution in [0.4, 0.5) is 5.82 Å². The van der Waals surface area contributed by atoms with Crippen molar-refractivity contribution in [1.29, 1.82) is 0 Å². The summed E-state index contributed by atoms with van der Waals surface area (Å²) in [4.78, 5) is 8.49. The Morgan fingerprint density at radius 3 is 2.25 bits per heavy atom. The predicted molar refractivity (Wildman–Crippen MR) is 107 cm³/mol. The molecule has 0 spiro atoms. The highest BCUT2D eigenvalue weighted by Crippen LogP contribution is 2.27. The van der Waals surface area contributed by atoms with E-state index in [0.29, 0.717) is 17.2 Å². The van der Waals surface area contributed by atoms with Gasteiger partial charge in [-0.15, -0.1) is 0 Å². The van der Waals surface area contributed by atoms with Gasteiger partial charge in [0.1, 0.15) is 5.82 Å². The van der Waals surface area contributed by atoms with Gasteiger partial charge in [-0.1, -0.05) is 36.4 Å². The van der Waals surface area contributed by atoms with E-state index in [1.54, 1.807) is 36.7 Å². The van der Waals surface area contributed by atoms with Crippen LogP contribution in [0, 0.1) is 6.92 Å². The summed E-state index contributed by atoms with van der Waals surface area (Å²) >= 11 is 0. The monoisotopic (exact) mass is 391 g/mol. The van der Waals surface area contributed by atoms with Crippen molar-refractivity contribution in [2.75, 3.05) is 4.72 Å². The summed E-state index contributed by atoms with van der Waals surface area (Å²) in [6.07, 6.45) is 3.26. The average Bonchev–Trinajstić information content (AvgIpc) is 3.21. The molecule has 140 valence electrons. The van der Waals surface area contributed by atoms with Gasteiger partial charge in [-0.05, 0) is 42.8 Å². The van der Waals surface area contributed by atoms with E-state index in [4.69, 9.17) is 4.42 Å². The first-order chi connectivity index (χ1) is 13.5. The molecule has 0 saturated carbocycles. The summed E-state index contributed by atoms with van der Waals surface area (Å²) in [5.74, 6) is 1.35. The molecule has 4 aromatic rings. The smallest absolute Gasteiger partial charge is 0.263 e. The Bertz CT molecular complexity index is 1180. The molecule has 0 radical (unpaired) electrons. The maximum atomic E-state index is 12.5. The van der Waals surface area contributed by atoms with E-state index in [1.165, 1.54) is 12.1 Å². The molecule has 2 aromatic heterocycles. The van der Waals surface area contributed by atoms with Crippen LogP contribution in [0.1, 0.15) is 5.56 Å². The van der Waals surface area contributed by atoms with Gasteiger partial charge in [0, 0.05) is 17.3 Å². The van der Waals surface area contributed by atoms with E-state index >= 15 is 0 Å². The maximum Gasteiger partial charge on any atom is 0.263 e. The number of aromatic nitrogens is 2. The Morgan fingerprint density at radius 1 is 0.821 bits per heavy atom. The third kappa shape index (κ3) is 3.79. The second kappa shape index (κ2) is 7.28. The lowest BCUT2D eigenvalue weighted by Gasteiger charge is -2.07. The third-order valence-electron chi connectivity index (χ3n) is 4.13. The Kier molecular flexibility index (Phi) is 4.67. The minimum atomic E-state index is -3.73. The normalized spacial score (nSPS) is 11.3. The van der Waals surface area contributed by atoms with Crippen molar-refractivity contribution < 1.29 is 12.8 Å². The lowest BCUT2D eigenvalue weighted by atomic mass is 10.2. The Morgan fingerprint density at radius 2 is 1.57 bits per heavy atom. The Hall–Kier alpha value is -3.45. The number of oxazole rings is 1. The molecule has 0 bridgehead atoms. The van der Waals surface area contributed by atoms with Crippen LogP contribution >= 0.6 is 0 Å². The molecule has 1 N–H and O–H groups in total. The second-order valence-corrected chi connectivity index (χ2v) is 7.93. The van der Waals surface area contributed by atoms with Gasteiger partial charge in [0.15, 0.2) is 5.76 Å². The molecule has 0 aliphatic carbocycles. The summed E-state index contributed by atoms with van der Waals surface area (Å²) in [5.41, 5.74) is 2.57. The Labute approximate surface area is 163 Å². The highest BCUT2D eigenvalue weighted by molar-refractivity contribution is 7.92. The van der Waals surface area contributed by atoms with E-state index in [9.17, 15) is 8.42 Å². The van der Waals surface area contributed by atoms with Gasteiger partial charge in [0.25, 0.3) is 10.0 Å². The molecule has 7 heteroatoms. The van der Waals surface area contributed by atoms with Crippen LogP contribution in [-0.2, 0) is 10.0 Å². The number of nitrogens with one attached hydrogen (secondary N) is 1. The average molecular weight is 391 g/mol. The van der Waals surface area contributed by atoms with Crippen LogP contribution in [0.3, 0.4) is 0 Å². The van der Waals surface area contributed by atoms with Gasteiger partial charge in [0.2, 0.25) is 5.89 Å². The van der Waals surface area contributed by atoms with Crippen LogP contribution in [0.15, 0.2) is 88.4 Å². The molecule has 4 rings (SSSR count). The fourth-order valence-electron chi connectivity index (χ4n) is 2.64. The number of nitrogens with zero attached hydrogens (tertiary/aromatic N) is 2. The van der Waals surface area contributed by atoms with Crippen LogP contribution in [-0.4, -0.2) is 18.4 Å². The zero-order valence-corrected chi connectivity index (χ0v) is 15.8.